The smallest absolute Gasteiger partial charge is 0.278 e. The number of ether oxygens (including phenoxy) is 2. The number of benzene rings is 2. The molecule has 1 N–H and O–H groups in total. The number of hydrogen-bond donors (Lipinski definition) is 1. The highest BCUT2D eigenvalue weighted by Gasteiger charge is 2.53. The number of fused-ring (bicyclic) bond motifs is 4. The van der Waals surface area contributed by atoms with E-state index in [2.05, 4.69) is 20.9 Å². The molecule has 162 valence electrons. The number of anilines is 1. The molecule has 0 unspecified atom stereocenters. The van der Waals surface area contributed by atoms with Gasteiger partial charge in [0.25, 0.3) is 5.91 Å². The minimum Gasteiger partial charge on any atom is -0.454 e. The SMILES string of the molecule is O=C(c1cnccn1)N1C[C@@H]2[C@H](c3ccccc31)[C@H](CO)N2Cc1ccc2c(c1)OCO2. The van der Waals surface area contributed by atoms with Gasteiger partial charge < -0.3 is 19.5 Å². The fourth-order valence-corrected chi connectivity index (χ4v) is 5.19. The van der Waals surface area contributed by atoms with Gasteiger partial charge in [-0.3, -0.25) is 14.7 Å². The summed E-state index contributed by atoms with van der Waals surface area (Å²) >= 11 is 0. The Balaban J connectivity index is 1.33. The van der Waals surface area contributed by atoms with Crippen molar-refractivity contribution >= 4 is 11.6 Å². The highest BCUT2D eigenvalue weighted by atomic mass is 16.7. The molecule has 1 saturated heterocycles. The molecular formula is C24H22N4O4. The average Bonchev–Trinajstić information content (AvgIpc) is 3.30. The van der Waals surface area contributed by atoms with E-state index in [0.717, 1.165) is 28.3 Å². The molecule has 3 aromatic rings. The first-order valence-electron chi connectivity index (χ1n) is 10.7. The van der Waals surface area contributed by atoms with Gasteiger partial charge in [-0.15, -0.1) is 0 Å². The summed E-state index contributed by atoms with van der Waals surface area (Å²) in [5, 5.41) is 10.2. The zero-order valence-electron chi connectivity index (χ0n) is 17.3. The third-order valence-corrected chi connectivity index (χ3v) is 6.65. The number of amides is 1. The molecule has 8 heteroatoms. The van der Waals surface area contributed by atoms with E-state index in [1.165, 1.54) is 12.4 Å². The van der Waals surface area contributed by atoms with Crippen LogP contribution in [0, 0.1) is 0 Å². The van der Waals surface area contributed by atoms with Crippen molar-refractivity contribution in [1.82, 2.24) is 14.9 Å². The van der Waals surface area contributed by atoms with Gasteiger partial charge in [0.2, 0.25) is 6.79 Å². The van der Waals surface area contributed by atoms with Crippen molar-refractivity contribution in [3.8, 4) is 11.5 Å². The van der Waals surface area contributed by atoms with Gasteiger partial charge in [-0.25, -0.2) is 4.98 Å². The van der Waals surface area contributed by atoms with E-state index in [-0.39, 0.29) is 37.3 Å². The molecule has 1 amide bonds. The number of rotatable bonds is 4. The van der Waals surface area contributed by atoms with E-state index in [1.54, 1.807) is 11.1 Å². The Hall–Kier alpha value is -3.49. The Morgan fingerprint density at radius 3 is 2.84 bits per heavy atom. The topological polar surface area (TPSA) is 88.0 Å². The number of hydrogen-bond acceptors (Lipinski definition) is 7. The Kier molecular flexibility index (Phi) is 4.55. The molecule has 3 aliphatic rings. The number of likely N-dealkylation sites (tertiary alicyclic amines) is 1. The van der Waals surface area contributed by atoms with E-state index in [4.69, 9.17) is 9.47 Å². The lowest BCUT2D eigenvalue weighted by atomic mass is 9.71. The fourth-order valence-electron chi connectivity index (χ4n) is 5.19. The average molecular weight is 430 g/mol. The summed E-state index contributed by atoms with van der Waals surface area (Å²) in [7, 11) is 0. The number of carbonyl (C=O) groups is 1. The lowest BCUT2D eigenvalue weighted by Crippen LogP contribution is -2.68. The van der Waals surface area contributed by atoms with E-state index in [1.807, 2.05) is 36.4 Å². The van der Waals surface area contributed by atoms with Crippen LogP contribution in [0.25, 0.3) is 0 Å². The second-order valence-electron chi connectivity index (χ2n) is 8.27. The third kappa shape index (κ3) is 2.95. The van der Waals surface area contributed by atoms with Crippen molar-refractivity contribution < 1.29 is 19.4 Å². The molecule has 0 radical (unpaired) electrons. The number of para-hydroxylation sites is 1. The van der Waals surface area contributed by atoms with E-state index >= 15 is 0 Å². The van der Waals surface area contributed by atoms with Crippen LogP contribution in [0.3, 0.4) is 0 Å². The van der Waals surface area contributed by atoms with Crippen molar-refractivity contribution in [2.75, 3.05) is 24.8 Å². The van der Waals surface area contributed by atoms with Crippen LogP contribution in [-0.2, 0) is 6.54 Å². The number of carbonyl (C=O) groups excluding carboxylic acids is 1. The van der Waals surface area contributed by atoms with Gasteiger partial charge in [0.15, 0.2) is 11.5 Å². The monoisotopic (exact) mass is 430 g/mol. The molecule has 0 bridgehead atoms. The molecule has 1 fully saturated rings. The van der Waals surface area contributed by atoms with Crippen LogP contribution in [0.2, 0.25) is 0 Å². The van der Waals surface area contributed by atoms with Crippen LogP contribution in [-0.4, -0.2) is 57.9 Å². The molecular weight excluding hydrogens is 408 g/mol. The molecule has 1 aromatic heterocycles. The Bertz CT molecular complexity index is 1170. The second-order valence-corrected chi connectivity index (χ2v) is 8.27. The number of aromatic nitrogens is 2. The quantitative estimate of drug-likeness (QED) is 0.679. The number of aliphatic hydroxyl groups is 1. The molecule has 3 aliphatic heterocycles. The van der Waals surface area contributed by atoms with Gasteiger partial charge in [0.05, 0.1) is 12.8 Å². The largest absolute Gasteiger partial charge is 0.454 e. The Labute approximate surface area is 185 Å². The fraction of sp³-hybridized carbons (Fsp3) is 0.292. The molecule has 4 heterocycles. The maximum atomic E-state index is 13.3. The summed E-state index contributed by atoms with van der Waals surface area (Å²) in [5.41, 5.74) is 3.37. The normalized spacial score (nSPS) is 23.3. The lowest BCUT2D eigenvalue weighted by molar-refractivity contribution is -0.0488. The van der Waals surface area contributed by atoms with Gasteiger partial charge in [-0.2, -0.15) is 0 Å². The predicted octanol–water partition coefficient (Wildman–Crippen LogP) is 2.19. The van der Waals surface area contributed by atoms with Crippen LogP contribution in [0.4, 0.5) is 5.69 Å². The third-order valence-electron chi connectivity index (χ3n) is 6.65. The zero-order chi connectivity index (χ0) is 21.7. The van der Waals surface area contributed by atoms with Crippen molar-refractivity contribution in [3.63, 3.8) is 0 Å². The molecule has 2 aromatic carbocycles. The van der Waals surface area contributed by atoms with Crippen LogP contribution in [0.1, 0.15) is 27.5 Å². The van der Waals surface area contributed by atoms with E-state index in [9.17, 15) is 9.90 Å². The number of aliphatic hydroxyl groups excluding tert-OH is 1. The zero-order valence-corrected chi connectivity index (χ0v) is 17.3. The lowest BCUT2D eigenvalue weighted by Gasteiger charge is -2.59. The summed E-state index contributed by atoms with van der Waals surface area (Å²) in [6.45, 7) is 1.47. The Morgan fingerprint density at radius 2 is 2.00 bits per heavy atom. The highest BCUT2D eigenvalue weighted by molar-refractivity contribution is 6.05. The molecule has 0 spiro atoms. The van der Waals surface area contributed by atoms with Crippen LogP contribution < -0.4 is 14.4 Å². The standard InChI is InChI=1S/C24H22N4O4/c29-13-20-23-16-3-1-2-4-18(16)28(24(30)17-10-25-7-8-26-17)12-19(23)27(20)11-15-5-6-21-22(9-15)32-14-31-21/h1-10,19-20,23,29H,11-14H2/t19-,20+,23+/m1/s1. The molecule has 8 nitrogen and oxygen atoms in total. The van der Waals surface area contributed by atoms with Gasteiger partial charge in [-0.1, -0.05) is 24.3 Å². The summed E-state index contributed by atoms with van der Waals surface area (Å²) in [5.74, 6) is 1.49. The summed E-state index contributed by atoms with van der Waals surface area (Å²) in [4.78, 5) is 25.6. The van der Waals surface area contributed by atoms with Gasteiger partial charge in [0, 0.05) is 49.2 Å². The van der Waals surface area contributed by atoms with Gasteiger partial charge in [-0.05, 0) is 29.3 Å². The first-order chi connectivity index (χ1) is 15.7. The van der Waals surface area contributed by atoms with Gasteiger partial charge >= 0.3 is 0 Å². The van der Waals surface area contributed by atoms with Crippen LogP contribution in [0.5, 0.6) is 11.5 Å². The molecule has 0 aliphatic carbocycles. The molecule has 0 saturated carbocycles. The minimum atomic E-state index is -0.167. The maximum absolute atomic E-state index is 13.3. The van der Waals surface area contributed by atoms with Crippen LogP contribution >= 0.6 is 0 Å². The first kappa shape index (κ1) is 19.2. The van der Waals surface area contributed by atoms with Crippen molar-refractivity contribution in [1.29, 1.82) is 0 Å². The molecule has 32 heavy (non-hydrogen) atoms. The van der Waals surface area contributed by atoms with Crippen LogP contribution in [0.15, 0.2) is 61.1 Å². The summed E-state index contributed by atoms with van der Waals surface area (Å²) in [6.07, 6.45) is 4.59. The summed E-state index contributed by atoms with van der Waals surface area (Å²) < 4.78 is 10.9. The Morgan fingerprint density at radius 1 is 1.12 bits per heavy atom. The predicted molar refractivity (Wildman–Crippen MR) is 116 cm³/mol. The highest BCUT2D eigenvalue weighted by Crippen LogP contribution is 2.49. The maximum Gasteiger partial charge on any atom is 0.278 e. The molecule has 3 atom stereocenters. The van der Waals surface area contributed by atoms with Crippen molar-refractivity contribution in [3.05, 3.63) is 77.9 Å². The van der Waals surface area contributed by atoms with Crippen molar-refractivity contribution in [2.24, 2.45) is 0 Å². The summed E-state index contributed by atoms with van der Waals surface area (Å²) in [6, 6.07) is 14.0. The molecule has 6 rings (SSSR count). The van der Waals surface area contributed by atoms with E-state index in [0.29, 0.717) is 18.8 Å². The second kappa shape index (κ2) is 7.58. The van der Waals surface area contributed by atoms with Gasteiger partial charge in [0.1, 0.15) is 5.69 Å². The van der Waals surface area contributed by atoms with Crippen molar-refractivity contribution in [2.45, 2.75) is 24.5 Å². The number of nitrogens with zero attached hydrogens (tertiary/aromatic N) is 4. The minimum absolute atomic E-state index is 0.0136. The van der Waals surface area contributed by atoms with E-state index < -0.39 is 0 Å². The first-order valence-corrected chi connectivity index (χ1v) is 10.7.